The zero-order valence-corrected chi connectivity index (χ0v) is 13.6. The summed E-state index contributed by atoms with van der Waals surface area (Å²) in [6, 6.07) is 17.1. The van der Waals surface area contributed by atoms with E-state index in [1.165, 1.54) is 27.8 Å². The molecule has 116 valence electrons. The van der Waals surface area contributed by atoms with Crippen molar-refractivity contribution in [3.8, 4) is 22.6 Å². The molecule has 3 aromatic rings. The van der Waals surface area contributed by atoms with Crippen LogP contribution in [0.2, 0.25) is 0 Å². The molecule has 0 saturated carbocycles. The van der Waals surface area contributed by atoms with Crippen LogP contribution in [0.25, 0.3) is 21.9 Å². The summed E-state index contributed by atoms with van der Waals surface area (Å²) in [7, 11) is 5.49. The lowest BCUT2D eigenvalue weighted by Gasteiger charge is -2.31. The summed E-state index contributed by atoms with van der Waals surface area (Å²) < 4.78 is 10.9. The maximum Gasteiger partial charge on any atom is 0.161 e. The second kappa shape index (κ2) is 5.20. The Labute approximate surface area is 136 Å². The normalized spacial score (nSPS) is 12.7. The molecule has 0 amide bonds. The fourth-order valence-corrected chi connectivity index (χ4v) is 3.52. The molecule has 1 aliphatic rings. The van der Waals surface area contributed by atoms with Crippen molar-refractivity contribution in [2.75, 3.05) is 26.2 Å². The zero-order valence-electron chi connectivity index (χ0n) is 13.6. The van der Waals surface area contributed by atoms with Gasteiger partial charge in [0, 0.05) is 24.5 Å². The second-order valence-corrected chi connectivity index (χ2v) is 5.90. The predicted octanol–water partition coefficient (Wildman–Crippen LogP) is 4.47. The van der Waals surface area contributed by atoms with Crippen LogP contribution in [-0.2, 0) is 6.54 Å². The summed E-state index contributed by atoms with van der Waals surface area (Å²) in [6.45, 7) is 0.913. The van der Waals surface area contributed by atoms with Gasteiger partial charge in [0.2, 0.25) is 0 Å². The first-order valence-corrected chi connectivity index (χ1v) is 7.71. The molecule has 3 heteroatoms. The molecule has 0 unspecified atom stereocenters. The smallest absolute Gasteiger partial charge is 0.161 e. The van der Waals surface area contributed by atoms with E-state index in [2.05, 4.69) is 54.4 Å². The summed E-state index contributed by atoms with van der Waals surface area (Å²) in [6.07, 6.45) is 0. The van der Waals surface area contributed by atoms with Gasteiger partial charge in [-0.15, -0.1) is 0 Å². The van der Waals surface area contributed by atoms with Crippen molar-refractivity contribution in [3.05, 3.63) is 54.1 Å². The summed E-state index contributed by atoms with van der Waals surface area (Å²) >= 11 is 0. The molecule has 3 nitrogen and oxygen atoms in total. The Morgan fingerprint density at radius 2 is 1.61 bits per heavy atom. The summed E-state index contributed by atoms with van der Waals surface area (Å²) in [5, 5.41) is 2.35. The Balaban J connectivity index is 2.05. The minimum absolute atomic E-state index is 0.763. The average Bonchev–Trinajstić information content (AvgIpc) is 2.59. The first kappa shape index (κ1) is 13.9. The highest BCUT2D eigenvalue weighted by molar-refractivity contribution is 6.04. The molecule has 1 aliphatic heterocycles. The van der Waals surface area contributed by atoms with Crippen LogP contribution in [0.4, 0.5) is 5.69 Å². The van der Waals surface area contributed by atoms with E-state index in [1.807, 2.05) is 6.07 Å². The van der Waals surface area contributed by atoms with Crippen molar-refractivity contribution in [1.29, 1.82) is 0 Å². The van der Waals surface area contributed by atoms with Crippen LogP contribution in [0, 0.1) is 0 Å². The number of hydrogen-bond donors (Lipinski definition) is 0. The standard InChI is InChI=1S/C20H19NO2/c1-21-12-14-6-4-5-7-15(14)16-9-8-13-10-18(22-2)19(23-3)11-17(13)20(16)21/h4-11H,12H2,1-3H3. The lowest BCUT2D eigenvalue weighted by molar-refractivity contribution is 0.356. The van der Waals surface area contributed by atoms with Crippen molar-refractivity contribution in [2.45, 2.75) is 6.54 Å². The molecule has 0 spiro atoms. The fourth-order valence-electron chi connectivity index (χ4n) is 3.52. The van der Waals surface area contributed by atoms with E-state index in [4.69, 9.17) is 9.47 Å². The molecule has 0 atom stereocenters. The number of hydrogen-bond acceptors (Lipinski definition) is 3. The van der Waals surface area contributed by atoms with Crippen LogP contribution in [0.1, 0.15) is 5.56 Å². The van der Waals surface area contributed by atoms with Crippen molar-refractivity contribution in [2.24, 2.45) is 0 Å². The van der Waals surface area contributed by atoms with Gasteiger partial charge in [-0.3, -0.25) is 0 Å². The minimum atomic E-state index is 0.763. The predicted molar refractivity (Wildman–Crippen MR) is 94.6 cm³/mol. The van der Waals surface area contributed by atoms with Gasteiger partial charge in [0.05, 0.1) is 19.9 Å². The van der Waals surface area contributed by atoms with E-state index >= 15 is 0 Å². The van der Waals surface area contributed by atoms with Crippen molar-refractivity contribution >= 4 is 16.5 Å². The number of anilines is 1. The molecule has 0 bridgehead atoms. The molecule has 0 saturated heterocycles. The molecule has 4 rings (SSSR count). The number of benzene rings is 3. The second-order valence-electron chi connectivity index (χ2n) is 5.90. The third-order valence-corrected chi connectivity index (χ3v) is 4.59. The van der Waals surface area contributed by atoms with Crippen LogP contribution < -0.4 is 14.4 Å². The molecular formula is C20H19NO2. The van der Waals surface area contributed by atoms with Gasteiger partial charge in [-0.25, -0.2) is 0 Å². The Bertz CT molecular complexity index is 902. The third kappa shape index (κ3) is 2.04. The number of ether oxygens (including phenoxy) is 2. The molecule has 23 heavy (non-hydrogen) atoms. The molecule has 0 N–H and O–H groups in total. The van der Waals surface area contributed by atoms with Gasteiger partial charge in [0.25, 0.3) is 0 Å². The van der Waals surface area contributed by atoms with E-state index in [1.54, 1.807) is 14.2 Å². The van der Waals surface area contributed by atoms with Crippen LogP contribution >= 0.6 is 0 Å². The number of methoxy groups -OCH3 is 2. The molecule has 1 heterocycles. The topological polar surface area (TPSA) is 21.7 Å². The lowest BCUT2D eigenvalue weighted by atomic mass is 9.90. The van der Waals surface area contributed by atoms with Crippen LogP contribution in [0.15, 0.2) is 48.5 Å². The number of fused-ring (bicyclic) bond motifs is 5. The quantitative estimate of drug-likeness (QED) is 0.697. The Hall–Kier alpha value is -2.68. The van der Waals surface area contributed by atoms with E-state index in [0.29, 0.717) is 0 Å². The highest BCUT2D eigenvalue weighted by Crippen LogP contribution is 2.45. The van der Waals surface area contributed by atoms with Gasteiger partial charge < -0.3 is 14.4 Å². The van der Waals surface area contributed by atoms with Crippen molar-refractivity contribution < 1.29 is 9.47 Å². The van der Waals surface area contributed by atoms with Gasteiger partial charge in [-0.1, -0.05) is 36.4 Å². The lowest BCUT2D eigenvalue weighted by Crippen LogP contribution is -2.21. The molecule has 0 aromatic heterocycles. The Kier molecular flexibility index (Phi) is 3.15. The van der Waals surface area contributed by atoms with E-state index < -0.39 is 0 Å². The van der Waals surface area contributed by atoms with E-state index in [9.17, 15) is 0 Å². The van der Waals surface area contributed by atoms with Crippen molar-refractivity contribution in [1.82, 2.24) is 0 Å². The van der Waals surface area contributed by atoms with E-state index in [-0.39, 0.29) is 0 Å². The average molecular weight is 305 g/mol. The van der Waals surface area contributed by atoms with Gasteiger partial charge in [-0.2, -0.15) is 0 Å². The Morgan fingerprint density at radius 3 is 2.39 bits per heavy atom. The molecule has 0 radical (unpaired) electrons. The summed E-state index contributed by atoms with van der Waals surface area (Å²) in [5.41, 5.74) is 5.20. The first-order valence-electron chi connectivity index (χ1n) is 7.71. The van der Waals surface area contributed by atoms with Gasteiger partial charge >= 0.3 is 0 Å². The molecule has 3 aromatic carbocycles. The van der Waals surface area contributed by atoms with Crippen LogP contribution in [0.5, 0.6) is 11.5 Å². The number of rotatable bonds is 2. The highest BCUT2D eigenvalue weighted by atomic mass is 16.5. The van der Waals surface area contributed by atoms with Crippen molar-refractivity contribution in [3.63, 3.8) is 0 Å². The largest absolute Gasteiger partial charge is 0.493 e. The summed E-state index contributed by atoms with van der Waals surface area (Å²) in [5.74, 6) is 1.53. The first-order chi connectivity index (χ1) is 11.2. The zero-order chi connectivity index (χ0) is 16.0. The van der Waals surface area contributed by atoms with Gasteiger partial charge in [0.1, 0.15) is 0 Å². The number of nitrogens with zero attached hydrogens (tertiary/aromatic N) is 1. The highest BCUT2D eigenvalue weighted by Gasteiger charge is 2.22. The summed E-state index contributed by atoms with van der Waals surface area (Å²) in [4.78, 5) is 2.31. The monoisotopic (exact) mass is 305 g/mol. The molecule has 0 fully saturated rings. The Morgan fingerprint density at radius 1 is 0.870 bits per heavy atom. The molecule has 0 aliphatic carbocycles. The molecular weight excluding hydrogens is 286 g/mol. The SMILES string of the molecule is COc1cc2ccc3c(c2cc1OC)N(C)Cc1ccccc1-3. The third-order valence-electron chi connectivity index (χ3n) is 4.59. The van der Waals surface area contributed by atoms with Gasteiger partial charge in [0.15, 0.2) is 11.5 Å². The van der Waals surface area contributed by atoms with Crippen LogP contribution in [0.3, 0.4) is 0 Å². The minimum Gasteiger partial charge on any atom is -0.493 e. The van der Waals surface area contributed by atoms with Gasteiger partial charge in [-0.05, 0) is 28.6 Å². The fraction of sp³-hybridized carbons (Fsp3) is 0.200. The maximum absolute atomic E-state index is 5.50. The van der Waals surface area contributed by atoms with E-state index in [0.717, 1.165) is 23.4 Å². The maximum atomic E-state index is 5.50. The van der Waals surface area contributed by atoms with Crippen LogP contribution in [-0.4, -0.2) is 21.3 Å².